The van der Waals surface area contributed by atoms with E-state index in [-0.39, 0.29) is 27.8 Å². The summed E-state index contributed by atoms with van der Waals surface area (Å²) in [5.41, 5.74) is 1.11. The summed E-state index contributed by atoms with van der Waals surface area (Å²) in [4.78, 5) is 45.7. The molecule has 3 heterocycles. The lowest BCUT2D eigenvalue weighted by Crippen LogP contribution is -2.29. The number of hydrogen-bond donors (Lipinski definition) is 1. The van der Waals surface area contributed by atoms with Crippen molar-refractivity contribution < 1.29 is 38.4 Å². The van der Waals surface area contributed by atoms with Crippen LogP contribution in [0.2, 0.25) is 0 Å². The van der Waals surface area contributed by atoms with Gasteiger partial charge in [-0.3, -0.25) is 19.3 Å². The summed E-state index contributed by atoms with van der Waals surface area (Å²) in [6, 6.07) is 8.96. The second kappa shape index (κ2) is 12.9. The van der Waals surface area contributed by atoms with Crippen LogP contribution in [0, 0.1) is 6.92 Å². The zero-order chi connectivity index (χ0) is 30.7. The number of Topliss-reactive ketones (excluding diaryl/α,β-unsaturated/α-hetero) is 2. The number of thiazole rings is 1. The van der Waals surface area contributed by atoms with Crippen LogP contribution in [0.3, 0.4) is 0 Å². The van der Waals surface area contributed by atoms with Gasteiger partial charge in [0, 0.05) is 12.5 Å². The average Bonchev–Trinajstić information content (AvgIpc) is 3.51. The third kappa shape index (κ3) is 5.94. The van der Waals surface area contributed by atoms with E-state index in [1.165, 1.54) is 11.8 Å². The molecule has 2 aliphatic heterocycles. The molecule has 1 saturated heterocycles. The van der Waals surface area contributed by atoms with Gasteiger partial charge in [0.25, 0.3) is 5.78 Å². The number of amides is 1. The standard InChI is InChI=1S/C32H34N2O8S/c1-5-7-8-13-40-22-11-9-20(16-24(22)39-6-2)27-26(28(36)21-10-12-23-25(17-21)42-15-14-41-23)29(37)31(38)34(27)32-33-18(3)30(43-32)19(4)35/h9-12,16-17,27,36H,5-8,13-15H2,1-4H3/t27-/m1/s1. The molecule has 0 bridgehead atoms. The molecule has 3 aromatic rings. The first-order valence-corrected chi connectivity index (χ1v) is 15.2. The number of aryl methyl sites for hydroxylation is 1. The summed E-state index contributed by atoms with van der Waals surface area (Å²) in [7, 11) is 0. The molecular formula is C32H34N2O8S. The first-order chi connectivity index (χ1) is 20.7. The van der Waals surface area contributed by atoms with Crippen LogP contribution in [0.5, 0.6) is 23.0 Å². The molecule has 0 spiro atoms. The van der Waals surface area contributed by atoms with Gasteiger partial charge in [0.05, 0.1) is 35.4 Å². The molecule has 1 atom stereocenters. The van der Waals surface area contributed by atoms with Crippen LogP contribution in [0.4, 0.5) is 5.13 Å². The van der Waals surface area contributed by atoms with E-state index in [1.807, 2.05) is 6.92 Å². The van der Waals surface area contributed by atoms with Crippen molar-refractivity contribution in [2.24, 2.45) is 0 Å². The van der Waals surface area contributed by atoms with Crippen molar-refractivity contribution in [3.05, 3.63) is 63.7 Å². The lowest BCUT2D eigenvalue weighted by molar-refractivity contribution is -0.132. The van der Waals surface area contributed by atoms with Crippen LogP contribution in [0.1, 0.15) is 72.6 Å². The number of nitrogens with zero attached hydrogens (tertiary/aromatic N) is 2. The van der Waals surface area contributed by atoms with Crippen molar-refractivity contribution >= 4 is 39.7 Å². The van der Waals surface area contributed by atoms with Crippen molar-refractivity contribution in [3.8, 4) is 23.0 Å². The van der Waals surface area contributed by atoms with Crippen LogP contribution in [-0.2, 0) is 9.59 Å². The Morgan fingerprint density at radius 2 is 1.81 bits per heavy atom. The number of anilines is 1. The Morgan fingerprint density at radius 3 is 2.51 bits per heavy atom. The fourth-order valence-corrected chi connectivity index (χ4v) is 6.11. The lowest BCUT2D eigenvalue weighted by Gasteiger charge is -2.24. The summed E-state index contributed by atoms with van der Waals surface area (Å²) in [6.07, 6.45) is 2.98. The molecule has 1 fully saturated rings. The van der Waals surface area contributed by atoms with Crippen LogP contribution < -0.4 is 23.8 Å². The minimum atomic E-state index is -1.06. The molecule has 0 saturated carbocycles. The second-order valence-electron chi connectivity index (χ2n) is 10.2. The maximum Gasteiger partial charge on any atom is 0.301 e. The molecule has 226 valence electrons. The molecule has 1 N–H and O–H groups in total. The Labute approximate surface area is 253 Å². The minimum absolute atomic E-state index is 0.127. The van der Waals surface area contributed by atoms with Crippen molar-refractivity contribution in [1.82, 2.24) is 4.98 Å². The Morgan fingerprint density at radius 1 is 1.05 bits per heavy atom. The van der Waals surface area contributed by atoms with Gasteiger partial charge in [-0.05, 0) is 56.2 Å². The van der Waals surface area contributed by atoms with Crippen molar-refractivity contribution in [2.45, 2.75) is 53.0 Å². The number of carbonyl (C=O) groups is 3. The number of carbonyl (C=O) groups excluding carboxylic acids is 3. The van der Waals surface area contributed by atoms with E-state index in [9.17, 15) is 19.5 Å². The predicted molar refractivity (Wildman–Crippen MR) is 162 cm³/mol. The summed E-state index contributed by atoms with van der Waals surface area (Å²) in [6.45, 7) is 8.69. The number of fused-ring (bicyclic) bond motifs is 1. The monoisotopic (exact) mass is 606 g/mol. The first-order valence-electron chi connectivity index (χ1n) is 14.3. The molecule has 0 aliphatic carbocycles. The highest BCUT2D eigenvalue weighted by molar-refractivity contribution is 7.18. The molecule has 43 heavy (non-hydrogen) atoms. The van der Waals surface area contributed by atoms with E-state index in [1.54, 1.807) is 43.3 Å². The van der Waals surface area contributed by atoms with Crippen LogP contribution in [-0.4, -0.2) is 54.0 Å². The third-order valence-electron chi connectivity index (χ3n) is 7.16. The molecule has 5 rings (SSSR count). The van der Waals surface area contributed by atoms with E-state index in [0.29, 0.717) is 65.6 Å². The highest BCUT2D eigenvalue weighted by Crippen LogP contribution is 2.46. The maximum absolute atomic E-state index is 13.7. The van der Waals surface area contributed by atoms with Gasteiger partial charge in [0.15, 0.2) is 33.9 Å². The van der Waals surface area contributed by atoms with Gasteiger partial charge in [-0.15, -0.1) is 0 Å². The smallest absolute Gasteiger partial charge is 0.301 e. The van der Waals surface area contributed by atoms with Gasteiger partial charge in [-0.2, -0.15) is 0 Å². The normalized spacial score (nSPS) is 17.3. The fourth-order valence-electron chi connectivity index (χ4n) is 5.12. The number of ketones is 2. The molecular weight excluding hydrogens is 572 g/mol. The summed E-state index contributed by atoms with van der Waals surface area (Å²) in [5, 5.41) is 11.8. The van der Waals surface area contributed by atoms with Crippen LogP contribution >= 0.6 is 11.3 Å². The highest BCUT2D eigenvalue weighted by Gasteiger charge is 2.48. The Bertz CT molecular complexity index is 1590. The van der Waals surface area contributed by atoms with Gasteiger partial charge in [-0.25, -0.2) is 4.98 Å². The number of aliphatic hydroxyl groups excluding tert-OH is 1. The third-order valence-corrected chi connectivity index (χ3v) is 8.42. The van der Waals surface area contributed by atoms with Crippen molar-refractivity contribution in [1.29, 1.82) is 0 Å². The number of aliphatic hydroxyl groups is 1. The van der Waals surface area contributed by atoms with Gasteiger partial charge < -0.3 is 24.1 Å². The summed E-state index contributed by atoms with van der Waals surface area (Å²) < 4.78 is 23.2. The van der Waals surface area contributed by atoms with E-state index < -0.39 is 17.7 Å². The quantitative estimate of drug-likeness (QED) is 0.0917. The number of rotatable bonds is 11. The molecule has 0 radical (unpaired) electrons. The molecule has 0 unspecified atom stereocenters. The van der Waals surface area contributed by atoms with Crippen LogP contribution in [0.25, 0.3) is 5.76 Å². The molecule has 1 aromatic heterocycles. The highest BCUT2D eigenvalue weighted by atomic mass is 32.1. The van der Waals surface area contributed by atoms with Gasteiger partial charge >= 0.3 is 5.91 Å². The predicted octanol–water partition coefficient (Wildman–Crippen LogP) is 6.02. The zero-order valence-electron chi connectivity index (χ0n) is 24.6. The summed E-state index contributed by atoms with van der Waals surface area (Å²) >= 11 is 1.03. The minimum Gasteiger partial charge on any atom is -0.507 e. The molecule has 2 aliphatic rings. The number of benzene rings is 2. The number of unbranched alkanes of at least 4 members (excludes halogenated alkanes) is 2. The Kier molecular flexibility index (Phi) is 9.00. The van der Waals surface area contributed by atoms with Crippen LogP contribution in [0.15, 0.2) is 42.0 Å². The van der Waals surface area contributed by atoms with Gasteiger partial charge in [0.1, 0.15) is 19.0 Å². The van der Waals surface area contributed by atoms with E-state index in [2.05, 4.69) is 11.9 Å². The largest absolute Gasteiger partial charge is 0.507 e. The summed E-state index contributed by atoms with van der Waals surface area (Å²) in [5.74, 6) is -0.403. The van der Waals surface area contributed by atoms with Crippen molar-refractivity contribution in [2.75, 3.05) is 31.3 Å². The topological polar surface area (TPSA) is 124 Å². The Balaban J connectivity index is 1.65. The van der Waals surface area contributed by atoms with E-state index in [4.69, 9.17) is 18.9 Å². The number of hydrogen-bond acceptors (Lipinski definition) is 10. The van der Waals surface area contributed by atoms with E-state index in [0.717, 1.165) is 30.6 Å². The Hall–Kier alpha value is -4.38. The number of ether oxygens (including phenoxy) is 4. The second-order valence-corrected chi connectivity index (χ2v) is 11.2. The fraction of sp³-hybridized carbons (Fsp3) is 0.375. The molecule has 1 amide bonds. The lowest BCUT2D eigenvalue weighted by atomic mass is 9.95. The van der Waals surface area contributed by atoms with Gasteiger partial charge in [0.2, 0.25) is 0 Å². The SMILES string of the molecule is CCCCCOc1ccc([C@@H]2C(=C(O)c3ccc4c(c3)OCCO4)C(=O)C(=O)N2c2nc(C)c(C(C)=O)s2)cc1OCC. The van der Waals surface area contributed by atoms with Gasteiger partial charge in [-0.1, -0.05) is 37.2 Å². The van der Waals surface area contributed by atoms with E-state index >= 15 is 0 Å². The van der Waals surface area contributed by atoms with Crippen molar-refractivity contribution in [3.63, 3.8) is 0 Å². The zero-order valence-corrected chi connectivity index (χ0v) is 25.4. The first kappa shape index (κ1) is 30.1. The number of aromatic nitrogens is 1. The maximum atomic E-state index is 13.7. The molecule has 2 aromatic carbocycles. The molecule has 10 nitrogen and oxygen atoms in total. The molecule has 11 heteroatoms. The average molecular weight is 607 g/mol.